The molecule has 6 nitrogen and oxygen atoms in total. The first-order valence-corrected chi connectivity index (χ1v) is 7.57. The van der Waals surface area contributed by atoms with Gasteiger partial charge in [-0.3, -0.25) is 4.79 Å². The molecule has 2 aromatic carbocycles. The van der Waals surface area contributed by atoms with Crippen molar-refractivity contribution in [1.82, 2.24) is 9.97 Å². The molecule has 0 saturated heterocycles. The number of hydrogen-bond donors (Lipinski definition) is 3. The number of aromatic nitrogens is 2. The fraction of sp³-hybridized carbons (Fsp3) is 0.111. The summed E-state index contributed by atoms with van der Waals surface area (Å²) in [7, 11) is 0. The Hall–Kier alpha value is -3.28. The van der Waals surface area contributed by atoms with E-state index in [0.717, 1.165) is 22.1 Å². The lowest BCUT2D eigenvalue weighted by Crippen LogP contribution is -2.14. The molecule has 0 radical (unpaired) electrons. The number of aryl methyl sites for hydroxylation is 1. The molecule has 4 aromatic rings. The first-order valence-electron chi connectivity index (χ1n) is 7.57. The second kappa shape index (κ2) is 5.42. The molecule has 6 heteroatoms. The zero-order valence-corrected chi connectivity index (χ0v) is 13.0. The van der Waals surface area contributed by atoms with Crippen molar-refractivity contribution in [3.63, 3.8) is 0 Å². The van der Waals surface area contributed by atoms with Crippen molar-refractivity contribution in [2.75, 3.05) is 5.32 Å². The first kappa shape index (κ1) is 14.3. The largest absolute Gasteiger partial charge is 0.464 e. The third kappa shape index (κ3) is 2.58. The van der Waals surface area contributed by atoms with Gasteiger partial charge in [0.25, 0.3) is 0 Å². The van der Waals surface area contributed by atoms with E-state index in [1.807, 2.05) is 25.1 Å². The Morgan fingerprint density at radius 2 is 1.96 bits per heavy atom. The van der Waals surface area contributed by atoms with E-state index in [1.165, 1.54) is 0 Å². The molecular formula is C18H15N3O3. The van der Waals surface area contributed by atoms with Gasteiger partial charge in [0.1, 0.15) is 5.58 Å². The maximum Gasteiger partial charge on any atom is 0.323 e. The van der Waals surface area contributed by atoms with E-state index in [2.05, 4.69) is 15.3 Å². The van der Waals surface area contributed by atoms with Gasteiger partial charge >= 0.3 is 5.69 Å². The van der Waals surface area contributed by atoms with Crippen molar-refractivity contribution in [3.8, 4) is 0 Å². The van der Waals surface area contributed by atoms with E-state index in [9.17, 15) is 9.59 Å². The minimum absolute atomic E-state index is 0.143. The lowest BCUT2D eigenvalue weighted by molar-refractivity contribution is -0.115. The maximum atomic E-state index is 12.3. The number of carbonyl (C=O) groups is 1. The van der Waals surface area contributed by atoms with Crippen LogP contribution in [-0.4, -0.2) is 15.9 Å². The summed E-state index contributed by atoms with van der Waals surface area (Å²) in [5.74, 6) is -0.143. The minimum Gasteiger partial charge on any atom is -0.464 e. The van der Waals surface area contributed by atoms with Crippen LogP contribution >= 0.6 is 0 Å². The van der Waals surface area contributed by atoms with Gasteiger partial charge in [0.15, 0.2) is 0 Å². The monoisotopic (exact) mass is 321 g/mol. The van der Waals surface area contributed by atoms with Crippen LogP contribution in [-0.2, 0) is 11.2 Å². The van der Waals surface area contributed by atoms with Crippen LogP contribution < -0.4 is 11.0 Å². The van der Waals surface area contributed by atoms with Crippen LogP contribution in [0.4, 0.5) is 5.69 Å². The standard InChI is InChI=1S/C18H15N3O3/c1-10-2-4-13-11(9-24-16(13)6-10)7-17(22)19-12-3-5-14-15(8-12)21-18(23)20-14/h2-6,8-9H,7H2,1H3,(H,19,22)(H2,20,21,23). The Labute approximate surface area is 136 Å². The molecule has 0 spiro atoms. The summed E-state index contributed by atoms with van der Waals surface area (Å²) < 4.78 is 5.52. The predicted molar refractivity (Wildman–Crippen MR) is 92.2 cm³/mol. The second-order valence-corrected chi connectivity index (χ2v) is 5.82. The first-order chi connectivity index (χ1) is 11.6. The van der Waals surface area contributed by atoms with Crippen molar-refractivity contribution in [3.05, 3.63) is 64.3 Å². The highest BCUT2D eigenvalue weighted by Crippen LogP contribution is 2.23. The van der Waals surface area contributed by atoms with Crippen molar-refractivity contribution in [2.24, 2.45) is 0 Å². The van der Waals surface area contributed by atoms with Crippen LogP contribution in [0.15, 0.2) is 51.9 Å². The van der Waals surface area contributed by atoms with Gasteiger partial charge in [0.2, 0.25) is 5.91 Å². The highest BCUT2D eigenvalue weighted by Gasteiger charge is 2.11. The molecule has 0 bridgehead atoms. The second-order valence-electron chi connectivity index (χ2n) is 5.82. The van der Waals surface area contributed by atoms with E-state index in [-0.39, 0.29) is 18.0 Å². The average Bonchev–Trinajstić information content (AvgIpc) is 3.09. The van der Waals surface area contributed by atoms with Crippen LogP contribution in [0, 0.1) is 6.92 Å². The Bertz CT molecular complexity index is 1120. The maximum absolute atomic E-state index is 12.3. The fourth-order valence-electron chi connectivity index (χ4n) is 2.82. The third-order valence-electron chi connectivity index (χ3n) is 3.96. The number of fused-ring (bicyclic) bond motifs is 2. The van der Waals surface area contributed by atoms with E-state index in [1.54, 1.807) is 24.5 Å². The zero-order valence-electron chi connectivity index (χ0n) is 13.0. The van der Waals surface area contributed by atoms with Crippen molar-refractivity contribution >= 4 is 33.6 Å². The number of hydrogen-bond acceptors (Lipinski definition) is 3. The normalized spacial score (nSPS) is 11.2. The van der Waals surface area contributed by atoms with Crippen LogP contribution in [0.2, 0.25) is 0 Å². The summed E-state index contributed by atoms with van der Waals surface area (Å²) in [6.45, 7) is 2.00. The van der Waals surface area contributed by atoms with Gasteiger partial charge in [-0.25, -0.2) is 4.79 Å². The van der Waals surface area contributed by atoms with Crippen molar-refractivity contribution < 1.29 is 9.21 Å². The molecule has 1 amide bonds. The molecule has 0 saturated carbocycles. The van der Waals surface area contributed by atoms with E-state index in [0.29, 0.717) is 16.7 Å². The van der Waals surface area contributed by atoms with E-state index in [4.69, 9.17) is 4.42 Å². The Morgan fingerprint density at radius 1 is 1.12 bits per heavy atom. The lowest BCUT2D eigenvalue weighted by atomic mass is 10.1. The molecule has 24 heavy (non-hydrogen) atoms. The van der Waals surface area contributed by atoms with Crippen LogP contribution in [0.1, 0.15) is 11.1 Å². The summed E-state index contributed by atoms with van der Waals surface area (Å²) in [5, 5.41) is 3.79. The molecule has 0 unspecified atom stereocenters. The van der Waals surface area contributed by atoms with E-state index < -0.39 is 0 Å². The molecule has 120 valence electrons. The van der Waals surface area contributed by atoms with Crippen molar-refractivity contribution in [1.29, 1.82) is 0 Å². The zero-order chi connectivity index (χ0) is 16.7. The van der Waals surface area contributed by atoms with Gasteiger partial charge in [-0.05, 0) is 36.8 Å². The van der Waals surface area contributed by atoms with Crippen LogP contribution in [0.3, 0.4) is 0 Å². The van der Waals surface area contributed by atoms with Gasteiger partial charge in [-0.2, -0.15) is 0 Å². The van der Waals surface area contributed by atoms with Crippen LogP contribution in [0.25, 0.3) is 22.0 Å². The van der Waals surface area contributed by atoms with Gasteiger partial charge < -0.3 is 19.7 Å². The molecule has 3 N–H and O–H groups in total. The summed E-state index contributed by atoms with van der Waals surface area (Å²) >= 11 is 0. The Balaban J connectivity index is 1.55. The topological polar surface area (TPSA) is 90.9 Å². The molecule has 0 aliphatic carbocycles. The number of benzene rings is 2. The lowest BCUT2D eigenvalue weighted by Gasteiger charge is -2.04. The molecule has 2 heterocycles. The summed E-state index contributed by atoms with van der Waals surface area (Å²) in [6.07, 6.45) is 1.84. The van der Waals surface area contributed by atoms with Crippen LogP contribution in [0.5, 0.6) is 0 Å². The number of H-pyrrole nitrogens is 2. The fourth-order valence-corrected chi connectivity index (χ4v) is 2.82. The molecular weight excluding hydrogens is 306 g/mol. The number of amides is 1. The predicted octanol–water partition coefficient (Wildman–Crippen LogP) is 3.09. The molecule has 0 aliphatic heterocycles. The third-order valence-corrected chi connectivity index (χ3v) is 3.96. The highest BCUT2D eigenvalue weighted by atomic mass is 16.3. The van der Waals surface area contributed by atoms with E-state index >= 15 is 0 Å². The molecule has 0 aliphatic rings. The number of rotatable bonds is 3. The summed E-state index contributed by atoms with van der Waals surface area (Å²) in [5.41, 5.74) is 4.46. The highest BCUT2D eigenvalue weighted by molar-refractivity contribution is 5.96. The molecule has 4 rings (SSSR count). The number of furan rings is 1. The smallest absolute Gasteiger partial charge is 0.323 e. The van der Waals surface area contributed by atoms with Gasteiger partial charge in [0.05, 0.1) is 23.7 Å². The molecule has 0 atom stereocenters. The SMILES string of the molecule is Cc1ccc2c(CC(=O)Nc3ccc4[nH]c(=O)[nH]c4c3)coc2c1. The minimum atomic E-state index is -0.270. The summed E-state index contributed by atoms with van der Waals surface area (Å²) in [6, 6.07) is 11.1. The average molecular weight is 321 g/mol. The van der Waals surface area contributed by atoms with Crippen molar-refractivity contribution in [2.45, 2.75) is 13.3 Å². The molecule has 0 fully saturated rings. The quantitative estimate of drug-likeness (QED) is 0.541. The number of nitrogens with one attached hydrogen (secondary N) is 3. The van der Waals surface area contributed by atoms with Gasteiger partial charge in [-0.15, -0.1) is 0 Å². The number of anilines is 1. The van der Waals surface area contributed by atoms with Gasteiger partial charge in [0, 0.05) is 16.6 Å². The van der Waals surface area contributed by atoms with Gasteiger partial charge in [-0.1, -0.05) is 12.1 Å². The Kier molecular flexibility index (Phi) is 3.23. The number of carbonyl (C=O) groups excluding carboxylic acids is 1. The number of imidazole rings is 1. The Morgan fingerprint density at radius 3 is 2.83 bits per heavy atom. The molecule has 2 aromatic heterocycles. The summed E-state index contributed by atoms with van der Waals surface area (Å²) in [4.78, 5) is 28.9. The number of aromatic amines is 2.